The van der Waals surface area contributed by atoms with Crippen LogP contribution in [0.3, 0.4) is 0 Å². The number of nitrogens with zero attached hydrogens (tertiary/aromatic N) is 1. The van der Waals surface area contributed by atoms with Gasteiger partial charge < -0.3 is 10.6 Å². The van der Waals surface area contributed by atoms with Crippen molar-refractivity contribution in [1.29, 1.82) is 0 Å². The lowest BCUT2D eigenvalue weighted by Gasteiger charge is -2.14. The number of aromatic nitrogens is 1. The van der Waals surface area contributed by atoms with E-state index < -0.39 is 0 Å². The van der Waals surface area contributed by atoms with Crippen molar-refractivity contribution in [2.75, 3.05) is 10.6 Å². The van der Waals surface area contributed by atoms with Crippen molar-refractivity contribution < 1.29 is 9.59 Å². The number of aryl methyl sites for hydroxylation is 2. The summed E-state index contributed by atoms with van der Waals surface area (Å²) in [6.45, 7) is 6.07. The Bertz CT molecular complexity index is 1640. The number of carbonyl (C=O) groups is 2. The third kappa shape index (κ3) is 6.38. The normalized spacial score (nSPS) is 11.8. The Morgan fingerprint density at radius 3 is 2.41 bits per heavy atom. The third-order valence-corrected chi connectivity index (χ3v) is 8.64. The van der Waals surface area contributed by atoms with Gasteiger partial charge in [0.25, 0.3) is 5.91 Å². The summed E-state index contributed by atoms with van der Waals surface area (Å²) in [4.78, 5) is 32.8. The number of fused-ring (bicyclic) bond motifs is 1. The van der Waals surface area contributed by atoms with Gasteiger partial charge in [0, 0.05) is 26.6 Å². The Balaban J connectivity index is 1.25. The van der Waals surface area contributed by atoms with Crippen LogP contribution in [0.15, 0.2) is 95.9 Å². The van der Waals surface area contributed by atoms with E-state index in [4.69, 9.17) is 4.98 Å². The first-order valence-electron chi connectivity index (χ1n) is 12.8. The van der Waals surface area contributed by atoms with Gasteiger partial charge >= 0.3 is 0 Å². The molecule has 0 aliphatic heterocycles. The molecule has 39 heavy (non-hydrogen) atoms. The molecule has 5 rings (SSSR count). The molecule has 2 N–H and O–H groups in total. The van der Waals surface area contributed by atoms with E-state index in [0.29, 0.717) is 22.8 Å². The first kappa shape index (κ1) is 26.7. The molecule has 196 valence electrons. The summed E-state index contributed by atoms with van der Waals surface area (Å²) in [6.07, 6.45) is 0.652. The van der Waals surface area contributed by atoms with Gasteiger partial charge in [-0.05, 0) is 61.4 Å². The molecule has 1 aromatic heterocycles. The zero-order valence-corrected chi connectivity index (χ0v) is 23.7. The molecule has 2 amide bonds. The molecular weight excluding hydrogens is 523 g/mol. The molecular formula is C32H29N3O2S2. The van der Waals surface area contributed by atoms with E-state index in [2.05, 4.69) is 41.8 Å². The van der Waals surface area contributed by atoms with E-state index in [-0.39, 0.29) is 17.1 Å². The van der Waals surface area contributed by atoms with Gasteiger partial charge in [-0.25, -0.2) is 4.98 Å². The molecule has 5 nitrogen and oxygen atoms in total. The van der Waals surface area contributed by atoms with Crippen molar-refractivity contribution in [3.8, 4) is 11.3 Å². The molecule has 7 heteroatoms. The van der Waals surface area contributed by atoms with Crippen molar-refractivity contribution in [3.63, 3.8) is 0 Å². The Kier molecular flexibility index (Phi) is 8.10. The molecule has 0 bridgehead atoms. The predicted octanol–water partition coefficient (Wildman–Crippen LogP) is 8.34. The minimum atomic E-state index is -0.302. The lowest BCUT2D eigenvalue weighted by molar-refractivity contribution is -0.115. The number of hydrogen-bond donors (Lipinski definition) is 2. The van der Waals surface area contributed by atoms with E-state index in [9.17, 15) is 9.59 Å². The second-order valence-electron chi connectivity index (χ2n) is 9.34. The average Bonchev–Trinajstić information content (AvgIpc) is 3.31. The van der Waals surface area contributed by atoms with Gasteiger partial charge in [-0.15, -0.1) is 23.1 Å². The highest BCUT2D eigenvalue weighted by Crippen LogP contribution is 2.33. The number of anilines is 2. The minimum Gasteiger partial charge on any atom is -0.322 e. The standard InChI is InChI=1S/C32H29N3O2S2/c1-4-28(31(37)35-32-34-29(21(3)38-32)23-14-12-20(2)13-15-23)39-27-11-7-10-26(19-27)33-30(36)25-17-16-22-8-5-6-9-24(22)18-25/h5-19,28H,4H2,1-3H3,(H,33,36)(H,34,35,37). The first-order chi connectivity index (χ1) is 18.9. The molecule has 4 aromatic carbocycles. The smallest absolute Gasteiger partial charge is 0.255 e. The van der Waals surface area contributed by atoms with Crippen molar-refractivity contribution in [1.82, 2.24) is 4.98 Å². The van der Waals surface area contributed by atoms with Crippen LogP contribution in [0.4, 0.5) is 10.8 Å². The number of benzene rings is 4. The van der Waals surface area contributed by atoms with E-state index >= 15 is 0 Å². The Hall–Kier alpha value is -3.94. The van der Waals surface area contributed by atoms with E-state index in [0.717, 1.165) is 31.8 Å². The van der Waals surface area contributed by atoms with Crippen LogP contribution in [-0.2, 0) is 4.79 Å². The van der Waals surface area contributed by atoms with Crippen LogP contribution >= 0.6 is 23.1 Å². The largest absolute Gasteiger partial charge is 0.322 e. The quantitative estimate of drug-likeness (QED) is 0.190. The molecule has 0 aliphatic carbocycles. The molecule has 0 aliphatic rings. The van der Waals surface area contributed by atoms with Gasteiger partial charge in [-0.2, -0.15) is 0 Å². The summed E-state index contributed by atoms with van der Waals surface area (Å²) in [5.41, 5.74) is 4.41. The van der Waals surface area contributed by atoms with Gasteiger partial charge in [0.1, 0.15) is 0 Å². The molecule has 5 aromatic rings. The fraction of sp³-hybridized carbons (Fsp3) is 0.156. The van der Waals surface area contributed by atoms with E-state index in [1.807, 2.05) is 80.6 Å². The molecule has 0 fully saturated rings. The van der Waals surface area contributed by atoms with Crippen LogP contribution in [-0.4, -0.2) is 22.0 Å². The Morgan fingerprint density at radius 2 is 1.64 bits per heavy atom. The number of carbonyl (C=O) groups excluding carboxylic acids is 2. The Morgan fingerprint density at radius 1 is 0.872 bits per heavy atom. The van der Waals surface area contributed by atoms with Crippen LogP contribution in [0.5, 0.6) is 0 Å². The zero-order chi connectivity index (χ0) is 27.4. The lowest BCUT2D eigenvalue weighted by atomic mass is 10.1. The predicted molar refractivity (Wildman–Crippen MR) is 164 cm³/mol. The Labute approximate surface area is 236 Å². The van der Waals surface area contributed by atoms with Crippen molar-refractivity contribution in [3.05, 3.63) is 107 Å². The van der Waals surface area contributed by atoms with E-state index in [1.165, 1.54) is 28.7 Å². The highest BCUT2D eigenvalue weighted by atomic mass is 32.2. The van der Waals surface area contributed by atoms with Crippen LogP contribution in [0.25, 0.3) is 22.0 Å². The summed E-state index contributed by atoms with van der Waals surface area (Å²) >= 11 is 2.96. The van der Waals surface area contributed by atoms with Crippen LogP contribution in [0.2, 0.25) is 0 Å². The molecule has 0 radical (unpaired) electrons. The van der Waals surface area contributed by atoms with E-state index in [1.54, 1.807) is 0 Å². The second-order valence-corrected chi connectivity index (χ2v) is 11.8. The summed E-state index contributed by atoms with van der Waals surface area (Å²) in [5.74, 6) is -0.256. The molecule has 0 saturated carbocycles. The lowest BCUT2D eigenvalue weighted by Crippen LogP contribution is -2.24. The van der Waals surface area contributed by atoms with Crippen LogP contribution in [0, 0.1) is 13.8 Å². The van der Waals surface area contributed by atoms with Gasteiger partial charge in [-0.3, -0.25) is 9.59 Å². The van der Waals surface area contributed by atoms with Gasteiger partial charge in [0.2, 0.25) is 5.91 Å². The molecule has 1 unspecified atom stereocenters. The number of thiazole rings is 1. The number of hydrogen-bond acceptors (Lipinski definition) is 5. The van der Waals surface area contributed by atoms with Crippen molar-refractivity contribution >= 4 is 56.5 Å². The monoisotopic (exact) mass is 551 g/mol. The fourth-order valence-corrected chi connectivity index (χ4v) is 6.13. The van der Waals surface area contributed by atoms with Crippen molar-refractivity contribution in [2.45, 2.75) is 37.3 Å². The molecule has 1 atom stereocenters. The van der Waals surface area contributed by atoms with Crippen LogP contribution < -0.4 is 10.6 Å². The minimum absolute atomic E-state index is 0.0858. The first-order valence-corrected chi connectivity index (χ1v) is 14.5. The SMILES string of the molecule is CCC(Sc1cccc(NC(=O)c2ccc3ccccc3c2)c1)C(=O)Nc1nc(-c2ccc(C)cc2)c(C)s1. The maximum atomic E-state index is 13.2. The van der Waals surface area contributed by atoms with Crippen LogP contribution in [0.1, 0.15) is 34.1 Å². The summed E-state index contributed by atoms with van der Waals surface area (Å²) in [6, 6.07) is 29.5. The number of rotatable bonds is 8. The third-order valence-electron chi connectivity index (χ3n) is 6.40. The number of thioether (sulfide) groups is 1. The molecule has 0 spiro atoms. The van der Waals surface area contributed by atoms with Gasteiger partial charge in [-0.1, -0.05) is 73.2 Å². The molecule has 1 heterocycles. The van der Waals surface area contributed by atoms with Crippen molar-refractivity contribution in [2.24, 2.45) is 0 Å². The topological polar surface area (TPSA) is 71.1 Å². The zero-order valence-electron chi connectivity index (χ0n) is 22.0. The summed E-state index contributed by atoms with van der Waals surface area (Å²) < 4.78 is 0. The molecule has 0 saturated heterocycles. The average molecular weight is 552 g/mol. The van der Waals surface area contributed by atoms with Gasteiger partial charge in [0.05, 0.1) is 10.9 Å². The van der Waals surface area contributed by atoms with Gasteiger partial charge in [0.15, 0.2) is 5.13 Å². The second kappa shape index (κ2) is 11.8. The fourth-order valence-electron chi connectivity index (χ4n) is 4.28. The number of amides is 2. The number of nitrogens with one attached hydrogen (secondary N) is 2. The summed E-state index contributed by atoms with van der Waals surface area (Å²) in [5, 5.41) is 8.42. The maximum Gasteiger partial charge on any atom is 0.255 e. The highest BCUT2D eigenvalue weighted by Gasteiger charge is 2.21. The maximum absolute atomic E-state index is 13.2. The summed E-state index contributed by atoms with van der Waals surface area (Å²) in [7, 11) is 0. The highest BCUT2D eigenvalue weighted by molar-refractivity contribution is 8.00.